The molecular weight excluding hydrogens is 373 g/mol. The minimum absolute atomic E-state index is 0.0705. The summed E-state index contributed by atoms with van der Waals surface area (Å²) in [4.78, 5) is 11.2. The van der Waals surface area contributed by atoms with Crippen molar-refractivity contribution >= 4 is 5.95 Å². The van der Waals surface area contributed by atoms with Crippen LogP contribution < -0.4 is 19.1 Å². The number of benzene rings is 2. The molecule has 2 aromatic carbocycles. The molecule has 0 saturated carbocycles. The van der Waals surface area contributed by atoms with Gasteiger partial charge in [0.1, 0.15) is 23.1 Å². The normalized spacial score (nSPS) is 16.0. The molecule has 7 heteroatoms. The van der Waals surface area contributed by atoms with Crippen LogP contribution in [0.3, 0.4) is 0 Å². The molecule has 1 fully saturated rings. The van der Waals surface area contributed by atoms with Crippen molar-refractivity contribution in [3.05, 3.63) is 66.1 Å². The lowest BCUT2D eigenvalue weighted by atomic mass is 10.0. The molecule has 3 aromatic rings. The van der Waals surface area contributed by atoms with E-state index in [1.165, 1.54) is 12.1 Å². The highest BCUT2D eigenvalue weighted by Crippen LogP contribution is 2.40. The van der Waals surface area contributed by atoms with E-state index in [9.17, 15) is 4.39 Å². The highest BCUT2D eigenvalue weighted by molar-refractivity contribution is 5.48. The summed E-state index contributed by atoms with van der Waals surface area (Å²) in [6.45, 7) is 0.824. The van der Waals surface area contributed by atoms with Crippen molar-refractivity contribution in [1.29, 1.82) is 0 Å². The van der Waals surface area contributed by atoms with E-state index < -0.39 is 0 Å². The lowest BCUT2D eigenvalue weighted by Gasteiger charge is -2.26. The third-order valence-corrected chi connectivity index (χ3v) is 4.96. The predicted octanol–water partition coefficient (Wildman–Crippen LogP) is 4.77. The Bertz CT molecular complexity index is 981. The largest absolute Gasteiger partial charge is 0.497 e. The maximum Gasteiger partial charge on any atom is 0.229 e. The van der Waals surface area contributed by atoms with Gasteiger partial charge in [0.15, 0.2) is 0 Å². The fraction of sp³-hybridized carbons (Fsp3) is 0.273. The summed E-state index contributed by atoms with van der Waals surface area (Å²) >= 11 is 0. The van der Waals surface area contributed by atoms with Crippen molar-refractivity contribution in [2.45, 2.75) is 18.9 Å². The van der Waals surface area contributed by atoms with Gasteiger partial charge in [0.05, 0.1) is 20.3 Å². The van der Waals surface area contributed by atoms with Gasteiger partial charge < -0.3 is 19.1 Å². The van der Waals surface area contributed by atoms with E-state index >= 15 is 0 Å². The summed E-state index contributed by atoms with van der Waals surface area (Å²) in [5.74, 6) is 2.78. The van der Waals surface area contributed by atoms with Crippen LogP contribution in [0.5, 0.6) is 23.1 Å². The first-order chi connectivity index (χ1) is 14.2. The summed E-state index contributed by atoms with van der Waals surface area (Å²) in [6.07, 6.45) is 3.63. The van der Waals surface area contributed by atoms with E-state index in [-0.39, 0.29) is 11.9 Å². The van der Waals surface area contributed by atoms with Crippen molar-refractivity contribution in [3.63, 3.8) is 0 Å². The fourth-order valence-corrected chi connectivity index (χ4v) is 3.58. The minimum atomic E-state index is -0.312. The highest BCUT2D eigenvalue weighted by Gasteiger charge is 2.31. The number of nitrogens with zero attached hydrogens (tertiary/aromatic N) is 3. The molecule has 1 aliphatic heterocycles. The maximum absolute atomic E-state index is 13.1. The molecule has 1 aliphatic rings. The first-order valence-corrected chi connectivity index (χ1v) is 9.43. The lowest BCUT2D eigenvalue weighted by Crippen LogP contribution is -2.25. The summed E-state index contributed by atoms with van der Waals surface area (Å²) in [7, 11) is 3.32. The summed E-state index contributed by atoms with van der Waals surface area (Å²) in [5, 5.41) is 0. The van der Waals surface area contributed by atoms with E-state index in [1.54, 1.807) is 38.6 Å². The van der Waals surface area contributed by atoms with Crippen LogP contribution in [0.15, 0.2) is 54.7 Å². The van der Waals surface area contributed by atoms with Gasteiger partial charge in [-0.15, -0.1) is 0 Å². The smallest absolute Gasteiger partial charge is 0.229 e. The third kappa shape index (κ3) is 4.08. The Kier molecular flexibility index (Phi) is 5.46. The number of halogens is 1. The Morgan fingerprint density at radius 1 is 1.00 bits per heavy atom. The van der Waals surface area contributed by atoms with Gasteiger partial charge in [0, 0.05) is 24.4 Å². The van der Waals surface area contributed by atoms with Gasteiger partial charge in [-0.1, -0.05) is 0 Å². The predicted molar refractivity (Wildman–Crippen MR) is 107 cm³/mol. The second-order valence-electron chi connectivity index (χ2n) is 6.71. The zero-order valence-electron chi connectivity index (χ0n) is 16.3. The summed E-state index contributed by atoms with van der Waals surface area (Å²) in [6, 6.07) is 13.4. The second kappa shape index (κ2) is 8.34. The summed E-state index contributed by atoms with van der Waals surface area (Å²) < 4.78 is 29.8. The molecule has 0 aliphatic carbocycles. The second-order valence-corrected chi connectivity index (χ2v) is 6.71. The number of aromatic nitrogens is 2. The fourth-order valence-electron chi connectivity index (χ4n) is 3.58. The zero-order valence-corrected chi connectivity index (χ0v) is 16.3. The van der Waals surface area contributed by atoms with E-state index in [0.29, 0.717) is 17.6 Å². The minimum Gasteiger partial charge on any atom is -0.497 e. The molecule has 0 radical (unpaired) electrons. The molecule has 1 unspecified atom stereocenters. The molecule has 0 spiro atoms. The molecule has 0 N–H and O–H groups in total. The molecule has 0 bridgehead atoms. The number of methoxy groups -OCH3 is 2. The van der Waals surface area contributed by atoms with Crippen molar-refractivity contribution in [2.75, 3.05) is 25.7 Å². The van der Waals surface area contributed by atoms with Crippen molar-refractivity contribution in [1.82, 2.24) is 9.97 Å². The van der Waals surface area contributed by atoms with E-state index in [4.69, 9.17) is 14.2 Å². The first kappa shape index (κ1) is 19.0. The quantitative estimate of drug-likeness (QED) is 0.599. The van der Waals surface area contributed by atoms with Crippen LogP contribution in [0.2, 0.25) is 0 Å². The molecule has 1 aromatic heterocycles. The Hall–Kier alpha value is -3.35. The van der Waals surface area contributed by atoms with Gasteiger partial charge in [0.2, 0.25) is 11.8 Å². The van der Waals surface area contributed by atoms with Gasteiger partial charge >= 0.3 is 0 Å². The molecular formula is C22H22FN3O3. The average Bonchev–Trinajstić information content (AvgIpc) is 3.25. The van der Waals surface area contributed by atoms with E-state index in [2.05, 4.69) is 14.9 Å². The lowest BCUT2D eigenvalue weighted by molar-refractivity contribution is 0.395. The Morgan fingerprint density at radius 3 is 2.55 bits per heavy atom. The average molecular weight is 395 g/mol. The van der Waals surface area contributed by atoms with Crippen LogP contribution in [0, 0.1) is 5.82 Å². The number of anilines is 1. The van der Waals surface area contributed by atoms with E-state index in [1.807, 2.05) is 18.2 Å². The molecule has 29 heavy (non-hydrogen) atoms. The molecule has 6 nitrogen and oxygen atoms in total. The van der Waals surface area contributed by atoms with Crippen LogP contribution in [-0.4, -0.2) is 30.7 Å². The highest BCUT2D eigenvalue weighted by atomic mass is 19.1. The molecule has 150 valence electrons. The zero-order chi connectivity index (χ0) is 20.2. The van der Waals surface area contributed by atoms with Crippen LogP contribution in [0.25, 0.3) is 0 Å². The molecule has 4 rings (SSSR count). The SMILES string of the molecule is COc1ccc(OC)c(C2CCCN2c2nccc(Oc3ccc(F)cc3)n2)c1. The number of ether oxygens (including phenoxy) is 3. The van der Waals surface area contributed by atoms with Crippen LogP contribution >= 0.6 is 0 Å². The maximum atomic E-state index is 13.1. The van der Waals surface area contributed by atoms with Crippen LogP contribution in [-0.2, 0) is 0 Å². The standard InChI is InChI=1S/C22H22FN3O3/c1-27-17-9-10-20(28-2)18(14-17)19-4-3-13-26(19)22-24-12-11-21(25-22)29-16-7-5-15(23)6-8-16/h5-12,14,19H,3-4,13H2,1-2H3. The van der Waals surface area contributed by atoms with Gasteiger partial charge in [-0.05, 0) is 55.3 Å². The van der Waals surface area contributed by atoms with Crippen molar-refractivity contribution in [2.24, 2.45) is 0 Å². The van der Waals surface area contributed by atoms with Gasteiger partial charge in [-0.2, -0.15) is 4.98 Å². The molecule has 1 atom stereocenters. The van der Waals surface area contributed by atoms with E-state index in [0.717, 1.165) is 36.4 Å². The van der Waals surface area contributed by atoms with Crippen LogP contribution in [0.1, 0.15) is 24.4 Å². The van der Waals surface area contributed by atoms with Gasteiger partial charge in [-0.3, -0.25) is 0 Å². The van der Waals surface area contributed by atoms with Gasteiger partial charge in [-0.25, -0.2) is 9.37 Å². The summed E-state index contributed by atoms with van der Waals surface area (Å²) in [5.41, 5.74) is 1.04. The Morgan fingerprint density at radius 2 is 1.79 bits per heavy atom. The van der Waals surface area contributed by atoms with Crippen molar-refractivity contribution in [3.8, 4) is 23.1 Å². The van der Waals surface area contributed by atoms with Crippen LogP contribution in [0.4, 0.5) is 10.3 Å². The Labute approximate surface area is 168 Å². The number of hydrogen-bond donors (Lipinski definition) is 0. The number of hydrogen-bond acceptors (Lipinski definition) is 6. The molecule has 1 saturated heterocycles. The first-order valence-electron chi connectivity index (χ1n) is 9.43. The Balaban J connectivity index is 1.62. The molecule has 0 amide bonds. The molecule has 2 heterocycles. The topological polar surface area (TPSA) is 56.7 Å². The van der Waals surface area contributed by atoms with Crippen molar-refractivity contribution < 1.29 is 18.6 Å². The number of rotatable bonds is 6. The van der Waals surface area contributed by atoms with Gasteiger partial charge in [0.25, 0.3) is 0 Å². The monoisotopic (exact) mass is 395 g/mol. The third-order valence-electron chi connectivity index (χ3n) is 4.96.